The van der Waals surface area contributed by atoms with Gasteiger partial charge < -0.3 is 10.6 Å². The molecule has 10 nitrogen and oxygen atoms in total. The van der Waals surface area contributed by atoms with Crippen LogP contribution in [0.1, 0.15) is 11.4 Å². The molecule has 3 N–H and O–H groups in total. The molecule has 2 aromatic carbocycles. The Bertz CT molecular complexity index is 1620. The Morgan fingerprint density at radius 3 is 2.31 bits per heavy atom. The number of hydrogen-bond donors (Lipinski definition) is 3. The maximum absolute atomic E-state index is 12.9. The highest BCUT2D eigenvalue weighted by atomic mass is 32.2. The summed E-state index contributed by atoms with van der Waals surface area (Å²) in [5, 5.41) is 6.40. The van der Waals surface area contributed by atoms with Crippen molar-refractivity contribution in [1.82, 2.24) is 23.7 Å². The second-order valence-electron chi connectivity index (χ2n) is 7.73. The average molecular weight is 505 g/mol. The molecular weight excluding hydrogens is 484 g/mol. The Balaban J connectivity index is 1.31. The predicted octanol–water partition coefficient (Wildman–Crippen LogP) is 4.78. The minimum atomic E-state index is -3.83. The van der Waals surface area contributed by atoms with Gasteiger partial charge in [-0.2, -0.15) is 8.75 Å². The lowest BCUT2D eigenvalue weighted by Gasteiger charge is -2.12. The highest BCUT2D eigenvalue weighted by molar-refractivity contribution is 7.93. The summed E-state index contributed by atoms with van der Waals surface area (Å²) in [6.07, 6.45) is 1.73. The first-order chi connectivity index (χ1) is 16.9. The van der Waals surface area contributed by atoms with E-state index >= 15 is 0 Å². The van der Waals surface area contributed by atoms with Gasteiger partial charge in [0.25, 0.3) is 10.0 Å². The summed E-state index contributed by atoms with van der Waals surface area (Å²) in [6.45, 7) is 3.79. The van der Waals surface area contributed by atoms with Crippen molar-refractivity contribution in [3.63, 3.8) is 0 Å². The smallest absolute Gasteiger partial charge is 0.264 e. The second-order valence-corrected chi connectivity index (χ2v) is 9.90. The molecule has 12 heteroatoms. The number of fused-ring (bicyclic) bond motifs is 1. The van der Waals surface area contributed by atoms with Crippen LogP contribution < -0.4 is 15.4 Å². The van der Waals surface area contributed by atoms with Gasteiger partial charge in [0.2, 0.25) is 0 Å². The molecule has 0 aliphatic rings. The van der Waals surface area contributed by atoms with Crippen molar-refractivity contribution < 1.29 is 8.42 Å². The van der Waals surface area contributed by atoms with E-state index in [2.05, 4.69) is 39.1 Å². The Labute approximate surface area is 205 Å². The van der Waals surface area contributed by atoms with Crippen LogP contribution in [0.25, 0.3) is 11.0 Å². The van der Waals surface area contributed by atoms with E-state index in [1.807, 2.05) is 19.1 Å². The Morgan fingerprint density at radius 2 is 1.54 bits per heavy atom. The minimum Gasteiger partial charge on any atom is -0.340 e. The summed E-state index contributed by atoms with van der Waals surface area (Å²) >= 11 is 0.976. The summed E-state index contributed by atoms with van der Waals surface area (Å²) in [5.41, 5.74) is 3.14. The minimum absolute atomic E-state index is 0.0885. The van der Waals surface area contributed by atoms with Gasteiger partial charge in [0.1, 0.15) is 39.2 Å². The quantitative estimate of drug-likeness (QED) is 0.286. The van der Waals surface area contributed by atoms with Crippen LogP contribution in [0.5, 0.6) is 0 Å². The summed E-state index contributed by atoms with van der Waals surface area (Å²) in [5.74, 6) is 2.46. The molecule has 0 atom stereocenters. The lowest BCUT2D eigenvalue weighted by molar-refractivity contribution is 0.602. The van der Waals surface area contributed by atoms with Crippen LogP contribution >= 0.6 is 11.7 Å². The van der Waals surface area contributed by atoms with Gasteiger partial charge in [-0.05, 0) is 67.9 Å². The predicted molar refractivity (Wildman–Crippen MR) is 137 cm³/mol. The molecule has 0 radical (unpaired) electrons. The number of nitrogens with zero attached hydrogens (tertiary/aromatic N) is 5. The van der Waals surface area contributed by atoms with Crippen molar-refractivity contribution in [3.05, 3.63) is 78.2 Å². The third-order valence-electron chi connectivity index (χ3n) is 4.96. The number of sulfonamides is 1. The normalized spacial score (nSPS) is 11.4. The summed E-state index contributed by atoms with van der Waals surface area (Å²) in [7, 11) is -3.83. The number of benzene rings is 2. The zero-order chi connectivity index (χ0) is 24.4. The molecule has 3 aromatic heterocycles. The first-order valence-corrected chi connectivity index (χ1v) is 12.7. The molecule has 0 bridgehead atoms. The lowest BCUT2D eigenvalue weighted by Crippen LogP contribution is -2.13. The number of aromatic nitrogens is 5. The SMILES string of the molecule is Cc1ccnc(Nc2cc(Nc3ccc(NS(=O)(=O)c4cccc5nsnc45)cc3)nc(C)n2)c1. The molecule has 0 saturated carbocycles. The molecule has 0 fully saturated rings. The fraction of sp³-hybridized carbons (Fsp3) is 0.0870. The fourth-order valence-electron chi connectivity index (χ4n) is 3.41. The number of pyridine rings is 1. The Morgan fingerprint density at radius 1 is 0.800 bits per heavy atom. The molecule has 5 rings (SSSR count). The number of anilines is 5. The van der Waals surface area contributed by atoms with Crippen molar-refractivity contribution in [1.29, 1.82) is 0 Å². The molecule has 0 amide bonds. The van der Waals surface area contributed by atoms with Crippen LogP contribution in [0.4, 0.5) is 28.8 Å². The first-order valence-electron chi connectivity index (χ1n) is 10.5. The van der Waals surface area contributed by atoms with Gasteiger partial charge in [0, 0.05) is 23.6 Å². The number of hydrogen-bond acceptors (Lipinski definition) is 10. The number of nitrogens with one attached hydrogen (secondary N) is 3. The largest absolute Gasteiger partial charge is 0.340 e. The summed E-state index contributed by atoms with van der Waals surface area (Å²) in [4.78, 5) is 13.2. The number of rotatable bonds is 7. The van der Waals surface area contributed by atoms with E-state index in [4.69, 9.17) is 0 Å². The van der Waals surface area contributed by atoms with Gasteiger partial charge in [-0.1, -0.05) is 6.07 Å². The molecule has 0 saturated heterocycles. The molecule has 0 aliphatic carbocycles. The topological polar surface area (TPSA) is 135 Å². The van der Waals surface area contributed by atoms with E-state index in [1.165, 1.54) is 6.07 Å². The molecule has 35 heavy (non-hydrogen) atoms. The molecule has 3 heterocycles. The van der Waals surface area contributed by atoms with Crippen LogP contribution in [-0.2, 0) is 10.0 Å². The molecular formula is C23H20N8O2S2. The fourth-order valence-corrected chi connectivity index (χ4v) is 5.24. The Kier molecular flexibility index (Phi) is 5.97. The monoisotopic (exact) mass is 504 g/mol. The van der Waals surface area contributed by atoms with Gasteiger partial charge in [0.05, 0.1) is 11.7 Å². The van der Waals surface area contributed by atoms with Gasteiger partial charge in [0.15, 0.2) is 0 Å². The first kappa shape index (κ1) is 22.6. The van der Waals surface area contributed by atoms with Crippen LogP contribution in [0.15, 0.2) is 71.8 Å². The zero-order valence-corrected chi connectivity index (χ0v) is 20.4. The Hall–Kier alpha value is -4.16. The van der Waals surface area contributed by atoms with Gasteiger partial charge in [-0.15, -0.1) is 0 Å². The van der Waals surface area contributed by atoms with E-state index in [0.29, 0.717) is 40.0 Å². The maximum atomic E-state index is 12.9. The summed E-state index contributed by atoms with van der Waals surface area (Å²) < 4.78 is 36.6. The van der Waals surface area contributed by atoms with E-state index in [-0.39, 0.29) is 4.90 Å². The molecule has 176 valence electrons. The van der Waals surface area contributed by atoms with E-state index in [0.717, 1.165) is 23.0 Å². The van der Waals surface area contributed by atoms with Crippen molar-refractivity contribution in [2.24, 2.45) is 0 Å². The molecule has 0 spiro atoms. The van der Waals surface area contributed by atoms with Crippen molar-refractivity contribution in [2.75, 3.05) is 15.4 Å². The maximum Gasteiger partial charge on any atom is 0.264 e. The van der Waals surface area contributed by atoms with Crippen molar-refractivity contribution in [3.8, 4) is 0 Å². The van der Waals surface area contributed by atoms with E-state index < -0.39 is 10.0 Å². The third kappa shape index (κ3) is 5.18. The molecule has 0 aliphatic heterocycles. The van der Waals surface area contributed by atoms with Crippen LogP contribution in [0.2, 0.25) is 0 Å². The standard InChI is InChI=1S/C23H20N8O2S2/c1-14-10-11-24-20(12-14)28-22-13-21(25-15(2)26-22)27-16-6-8-17(9-7-16)31-35(32,33)19-5-3-4-18-23(19)30-34-29-18/h3-13,31H,1-2H3,(H2,24,25,26,27,28). The van der Waals surface area contributed by atoms with Crippen LogP contribution in [0.3, 0.4) is 0 Å². The zero-order valence-electron chi connectivity index (χ0n) is 18.7. The van der Waals surface area contributed by atoms with Crippen molar-refractivity contribution >= 4 is 61.6 Å². The second kappa shape index (κ2) is 9.24. The van der Waals surface area contributed by atoms with E-state index in [9.17, 15) is 8.42 Å². The highest BCUT2D eigenvalue weighted by Gasteiger charge is 2.19. The summed E-state index contributed by atoms with van der Waals surface area (Å²) in [6, 6.07) is 17.4. The molecule has 0 unspecified atom stereocenters. The lowest BCUT2D eigenvalue weighted by atomic mass is 10.3. The van der Waals surface area contributed by atoms with Crippen molar-refractivity contribution in [2.45, 2.75) is 18.7 Å². The number of aryl methyl sites for hydroxylation is 2. The van der Waals surface area contributed by atoms with Gasteiger partial charge >= 0.3 is 0 Å². The highest BCUT2D eigenvalue weighted by Crippen LogP contribution is 2.25. The van der Waals surface area contributed by atoms with Gasteiger partial charge in [-0.25, -0.2) is 23.4 Å². The van der Waals surface area contributed by atoms with Gasteiger partial charge in [-0.3, -0.25) is 4.72 Å². The average Bonchev–Trinajstić information content (AvgIpc) is 3.29. The van der Waals surface area contributed by atoms with Crippen LogP contribution in [-0.4, -0.2) is 32.1 Å². The van der Waals surface area contributed by atoms with E-state index in [1.54, 1.807) is 55.6 Å². The van der Waals surface area contributed by atoms with Crippen LogP contribution in [0, 0.1) is 13.8 Å². The molecule has 5 aromatic rings. The third-order valence-corrected chi connectivity index (χ3v) is 6.91.